The van der Waals surface area contributed by atoms with Crippen molar-refractivity contribution in [2.24, 2.45) is 11.8 Å². The summed E-state index contributed by atoms with van der Waals surface area (Å²) in [7, 11) is 0. The second-order valence-corrected chi connectivity index (χ2v) is 10.5. The van der Waals surface area contributed by atoms with Gasteiger partial charge in [-0.2, -0.15) is 0 Å². The molecule has 0 radical (unpaired) electrons. The number of hydrogen-bond donors (Lipinski definition) is 1. The van der Waals surface area contributed by atoms with E-state index in [4.69, 9.17) is 0 Å². The van der Waals surface area contributed by atoms with Gasteiger partial charge in [0.15, 0.2) is 9.47 Å². The van der Waals surface area contributed by atoms with Crippen LogP contribution in [-0.2, 0) is 14.4 Å². The van der Waals surface area contributed by atoms with Gasteiger partial charge in [-0.3, -0.25) is 19.3 Å². The lowest BCUT2D eigenvalue weighted by molar-refractivity contribution is -0.122. The van der Waals surface area contributed by atoms with Gasteiger partial charge >= 0.3 is 0 Å². The van der Waals surface area contributed by atoms with Crippen LogP contribution < -0.4 is 10.2 Å². The molecule has 1 saturated carbocycles. The molecule has 30 heavy (non-hydrogen) atoms. The molecule has 10 heteroatoms. The van der Waals surface area contributed by atoms with E-state index in [1.807, 2.05) is 12.1 Å². The Morgan fingerprint density at radius 2 is 1.97 bits per heavy atom. The number of carbonyl (C=O) groups excluding carboxylic acids is 3. The lowest BCUT2D eigenvalue weighted by Gasteiger charge is -2.19. The quantitative estimate of drug-likeness (QED) is 0.456. The van der Waals surface area contributed by atoms with Gasteiger partial charge < -0.3 is 5.32 Å². The first-order valence-corrected chi connectivity index (χ1v) is 12.4. The molecular formula is C20H18N4O3S3. The summed E-state index contributed by atoms with van der Waals surface area (Å²) in [6.07, 6.45) is 5.28. The molecule has 5 rings (SSSR count). The molecule has 0 unspecified atom stereocenters. The average Bonchev–Trinajstić information content (AvgIpc) is 3.46. The number of rotatable bonds is 5. The Kier molecular flexibility index (Phi) is 5.30. The van der Waals surface area contributed by atoms with Crippen molar-refractivity contribution in [2.45, 2.75) is 30.0 Å². The largest absolute Gasteiger partial charge is 0.301 e. The third kappa shape index (κ3) is 3.63. The van der Waals surface area contributed by atoms with Crippen LogP contribution in [0.4, 0.5) is 10.8 Å². The van der Waals surface area contributed by atoms with Crippen molar-refractivity contribution in [1.82, 2.24) is 9.97 Å². The minimum Gasteiger partial charge on any atom is -0.301 e. The van der Waals surface area contributed by atoms with Crippen molar-refractivity contribution >= 4 is 73.2 Å². The smallest absolute Gasteiger partial charge is 0.237 e. The Bertz CT molecular complexity index is 1100. The molecule has 2 aliphatic rings. The van der Waals surface area contributed by atoms with Crippen molar-refractivity contribution in [2.75, 3.05) is 16.0 Å². The maximum absolute atomic E-state index is 12.8. The molecule has 1 aliphatic heterocycles. The molecule has 2 fully saturated rings. The van der Waals surface area contributed by atoms with E-state index in [-0.39, 0.29) is 35.3 Å². The first-order chi connectivity index (χ1) is 14.6. The predicted octanol–water partition coefficient (Wildman–Crippen LogP) is 4.16. The molecule has 0 spiro atoms. The Balaban J connectivity index is 1.31. The van der Waals surface area contributed by atoms with Crippen molar-refractivity contribution in [3.8, 4) is 0 Å². The second-order valence-electron chi connectivity index (χ2n) is 7.32. The molecule has 1 aromatic carbocycles. The number of hydrogen-bond acceptors (Lipinski definition) is 8. The Labute approximate surface area is 184 Å². The molecule has 1 N–H and O–H groups in total. The molecular weight excluding hydrogens is 440 g/mol. The van der Waals surface area contributed by atoms with Crippen LogP contribution in [-0.4, -0.2) is 33.4 Å². The van der Waals surface area contributed by atoms with Crippen molar-refractivity contribution in [1.29, 1.82) is 0 Å². The maximum Gasteiger partial charge on any atom is 0.237 e. The highest BCUT2D eigenvalue weighted by atomic mass is 32.2. The number of nitrogens with one attached hydrogen (secondary N) is 1. The summed E-state index contributed by atoms with van der Waals surface area (Å²) in [5.74, 6) is -0.356. The van der Waals surface area contributed by atoms with Gasteiger partial charge in [-0.15, -0.1) is 22.7 Å². The zero-order chi connectivity index (χ0) is 20.7. The number of fused-ring (bicyclic) bond motifs is 2. The lowest BCUT2D eigenvalue weighted by Crippen LogP contribution is -2.30. The van der Waals surface area contributed by atoms with Crippen molar-refractivity contribution in [3.05, 3.63) is 29.8 Å². The minimum absolute atomic E-state index is 0.0676. The summed E-state index contributed by atoms with van der Waals surface area (Å²) in [5.41, 5.74) is 1.41. The summed E-state index contributed by atoms with van der Waals surface area (Å²) in [5, 5.41) is 5.13. The van der Waals surface area contributed by atoms with Gasteiger partial charge in [0.1, 0.15) is 0 Å². The Hall–Kier alpha value is -2.30. The summed E-state index contributed by atoms with van der Waals surface area (Å²) in [6, 6.07) is 5.49. The SMILES string of the molecule is O=C(CSc1nc2ccc(N3C(=O)[C@H]4CCCC[C@H]4C3=O)cc2s1)Nc1nccs1. The van der Waals surface area contributed by atoms with Crippen molar-refractivity contribution in [3.63, 3.8) is 0 Å². The monoisotopic (exact) mass is 458 g/mol. The normalized spacial score (nSPS) is 21.3. The highest BCUT2D eigenvalue weighted by molar-refractivity contribution is 8.01. The predicted molar refractivity (Wildman–Crippen MR) is 119 cm³/mol. The number of aromatic nitrogens is 2. The van der Waals surface area contributed by atoms with Crippen LogP contribution in [0.5, 0.6) is 0 Å². The topological polar surface area (TPSA) is 92.3 Å². The van der Waals surface area contributed by atoms with Crippen LogP contribution in [0.2, 0.25) is 0 Å². The lowest BCUT2D eigenvalue weighted by atomic mass is 9.81. The van der Waals surface area contributed by atoms with Crippen LogP contribution in [0, 0.1) is 11.8 Å². The zero-order valence-corrected chi connectivity index (χ0v) is 18.3. The summed E-state index contributed by atoms with van der Waals surface area (Å²) < 4.78 is 1.66. The van der Waals surface area contributed by atoms with E-state index in [0.29, 0.717) is 10.8 Å². The maximum atomic E-state index is 12.8. The minimum atomic E-state index is -0.161. The van der Waals surface area contributed by atoms with Crippen LogP contribution >= 0.6 is 34.4 Å². The fourth-order valence-corrected chi connectivity index (χ4v) is 6.52. The van der Waals surface area contributed by atoms with Gasteiger partial charge in [0.05, 0.1) is 33.5 Å². The van der Waals surface area contributed by atoms with Crippen LogP contribution in [0.25, 0.3) is 10.2 Å². The fraction of sp³-hybridized carbons (Fsp3) is 0.350. The van der Waals surface area contributed by atoms with Gasteiger partial charge in [-0.1, -0.05) is 24.6 Å². The van der Waals surface area contributed by atoms with E-state index in [9.17, 15) is 14.4 Å². The van der Waals surface area contributed by atoms with Crippen molar-refractivity contribution < 1.29 is 14.4 Å². The zero-order valence-electron chi connectivity index (χ0n) is 15.9. The highest BCUT2D eigenvalue weighted by Crippen LogP contribution is 2.41. The summed E-state index contributed by atoms with van der Waals surface area (Å²) in [6.45, 7) is 0. The summed E-state index contributed by atoms with van der Waals surface area (Å²) in [4.78, 5) is 47.7. The first-order valence-electron chi connectivity index (χ1n) is 9.71. The second kappa shape index (κ2) is 8.09. The Morgan fingerprint density at radius 3 is 2.67 bits per heavy atom. The number of amides is 3. The number of nitrogens with zero attached hydrogens (tertiary/aromatic N) is 3. The van der Waals surface area contributed by atoms with Gasteiger partial charge in [-0.25, -0.2) is 9.97 Å². The van der Waals surface area contributed by atoms with Gasteiger partial charge in [-0.05, 0) is 31.0 Å². The first kappa shape index (κ1) is 19.7. The molecule has 2 aromatic heterocycles. The van der Waals surface area contributed by atoms with E-state index in [1.54, 1.807) is 17.6 Å². The third-order valence-electron chi connectivity index (χ3n) is 5.46. The van der Waals surface area contributed by atoms with E-state index in [2.05, 4.69) is 15.3 Å². The highest BCUT2D eigenvalue weighted by Gasteiger charge is 2.48. The van der Waals surface area contributed by atoms with E-state index < -0.39 is 0 Å². The van der Waals surface area contributed by atoms with Crippen LogP contribution in [0.3, 0.4) is 0 Å². The number of anilines is 2. The molecule has 3 heterocycles. The van der Waals surface area contributed by atoms with Crippen LogP contribution in [0.15, 0.2) is 34.1 Å². The van der Waals surface area contributed by atoms with Crippen LogP contribution in [0.1, 0.15) is 25.7 Å². The van der Waals surface area contributed by atoms with Gasteiger partial charge in [0.25, 0.3) is 0 Å². The molecule has 154 valence electrons. The molecule has 7 nitrogen and oxygen atoms in total. The third-order valence-corrected chi connectivity index (χ3v) is 8.31. The molecule has 1 aliphatic carbocycles. The molecule has 3 aromatic rings. The molecule has 0 bridgehead atoms. The van der Waals surface area contributed by atoms with Gasteiger partial charge in [0, 0.05) is 11.6 Å². The number of benzene rings is 1. The fourth-order valence-electron chi connectivity index (χ4n) is 4.08. The number of thiazole rings is 2. The standard InChI is InChI=1S/C20H18N4O3S3/c25-16(23-19-21-7-8-28-19)10-29-20-22-14-6-5-11(9-15(14)30-20)24-17(26)12-3-1-2-4-13(12)18(24)27/h5-9,12-13H,1-4,10H2,(H,21,23,25)/t12-,13+. The summed E-state index contributed by atoms with van der Waals surface area (Å²) >= 11 is 4.19. The van der Waals surface area contributed by atoms with Gasteiger partial charge in [0.2, 0.25) is 17.7 Å². The van der Waals surface area contributed by atoms with E-state index >= 15 is 0 Å². The molecule has 3 amide bonds. The number of imide groups is 1. The number of thioether (sulfide) groups is 1. The number of carbonyl (C=O) groups is 3. The molecule has 1 saturated heterocycles. The Morgan fingerprint density at radius 1 is 1.20 bits per heavy atom. The van der Waals surface area contributed by atoms with E-state index in [0.717, 1.165) is 40.2 Å². The molecule has 2 atom stereocenters. The average molecular weight is 459 g/mol. The van der Waals surface area contributed by atoms with E-state index in [1.165, 1.54) is 39.3 Å².